The predicted octanol–water partition coefficient (Wildman–Crippen LogP) is 7.64. The van der Waals surface area contributed by atoms with Crippen molar-refractivity contribution < 1.29 is 0 Å². The number of unbranched alkanes of at least 4 members (excludes halogenated alkanes) is 3. The van der Waals surface area contributed by atoms with Gasteiger partial charge in [0, 0.05) is 23.5 Å². The maximum Gasteiger partial charge on any atom is 0.0438 e. The van der Waals surface area contributed by atoms with Gasteiger partial charge in [-0.25, -0.2) is 0 Å². The van der Waals surface area contributed by atoms with Crippen LogP contribution in [0.4, 0.5) is 11.4 Å². The first-order chi connectivity index (χ1) is 13.7. The summed E-state index contributed by atoms with van der Waals surface area (Å²) in [6.07, 6.45) is 23.4. The Labute approximate surface area is 173 Å². The standard InChI is InChI=1S/C26H42N2/c1-3-4-5-6-9-14-22-19-20-25(21(2)26(22)27)28(23-15-10-7-11-16-23)24-17-12-8-13-18-24/h9,14,19-20,23-24H,3-8,10-13,15-18,27H2,1-2H3. The van der Waals surface area contributed by atoms with Gasteiger partial charge in [-0.1, -0.05) is 76.5 Å². The van der Waals surface area contributed by atoms with Crippen molar-refractivity contribution in [2.45, 2.75) is 116 Å². The molecule has 2 fully saturated rings. The second kappa shape index (κ2) is 10.9. The smallest absolute Gasteiger partial charge is 0.0438 e. The highest BCUT2D eigenvalue weighted by Crippen LogP contribution is 2.38. The first-order valence-electron chi connectivity index (χ1n) is 12.1. The Bertz CT molecular complexity index is 604. The number of hydrogen-bond acceptors (Lipinski definition) is 2. The lowest BCUT2D eigenvalue weighted by Gasteiger charge is -2.44. The molecule has 2 heteroatoms. The molecular weight excluding hydrogens is 340 g/mol. The van der Waals surface area contributed by atoms with Crippen LogP contribution in [0.3, 0.4) is 0 Å². The van der Waals surface area contributed by atoms with Crippen LogP contribution in [0.1, 0.15) is 108 Å². The van der Waals surface area contributed by atoms with E-state index >= 15 is 0 Å². The van der Waals surface area contributed by atoms with E-state index in [1.807, 2.05) is 0 Å². The van der Waals surface area contributed by atoms with Crippen molar-refractivity contribution in [1.29, 1.82) is 0 Å². The van der Waals surface area contributed by atoms with Crippen LogP contribution < -0.4 is 10.6 Å². The largest absolute Gasteiger partial charge is 0.398 e. The van der Waals surface area contributed by atoms with E-state index in [1.165, 1.54) is 100 Å². The summed E-state index contributed by atoms with van der Waals surface area (Å²) in [7, 11) is 0. The molecule has 0 atom stereocenters. The second-order valence-corrected chi connectivity index (χ2v) is 9.10. The Morgan fingerprint density at radius 1 is 0.929 bits per heavy atom. The molecule has 0 aliphatic heterocycles. The Hall–Kier alpha value is -1.44. The summed E-state index contributed by atoms with van der Waals surface area (Å²) >= 11 is 0. The van der Waals surface area contributed by atoms with Crippen LogP contribution in [0.25, 0.3) is 6.08 Å². The fourth-order valence-electron chi connectivity index (χ4n) is 5.30. The van der Waals surface area contributed by atoms with Gasteiger partial charge in [-0.3, -0.25) is 0 Å². The molecule has 2 nitrogen and oxygen atoms in total. The first-order valence-corrected chi connectivity index (χ1v) is 12.1. The highest BCUT2D eigenvalue weighted by atomic mass is 15.2. The van der Waals surface area contributed by atoms with Crippen LogP contribution in [0.5, 0.6) is 0 Å². The van der Waals surface area contributed by atoms with Crippen molar-refractivity contribution in [2.75, 3.05) is 10.6 Å². The molecule has 0 radical (unpaired) electrons. The monoisotopic (exact) mass is 382 g/mol. The van der Waals surface area contributed by atoms with Gasteiger partial charge in [-0.15, -0.1) is 0 Å². The van der Waals surface area contributed by atoms with E-state index in [0.717, 1.165) is 12.1 Å². The molecule has 2 N–H and O–H groups in total. The number of nitrogens with zero attached hydrogens (tertiary/aromatic N) is 1. The summed E-state index contributed by atoms with van der Waals surface area (Å²) in [6, 6.07) is 6.07. The minimum Gasteiger partial charge on any atom is -0.398 e. The van der Waals surface area contributed by atoms with Crippen molar-refractivity contribution in [3.8, 4) is 0 Å². The molecular formula is C26H42N2. The van der Waals surface area contributed by atoms with Gasteiger partial charge in [0.05, 0.1) is 0 Å². The van der Waals surface area contributed by atoms with Crippen LogP contribution in [0, 0.1) is 6.92 Å². The first kappa shape index (κ1) is 21.3. The molecule has 0 unspecified atom stereocenters. The number of rotatable bonds is 8. The molecule has 3 rings (SSSR count). The summed E-state index contributed by atoms with van der Waals surface area (Å²) in [5.41, 5.74) is 11.5. The minimum absolute atomic E-state index is 0.713. The zero-order chi connectivity index (χ0) is 19.8. The molecule has 28 heavy (non-hydrogen) atoms. The van der Waals surface area contributed by atoms with E-state index in [0.29, 0.717) is 12.1 Å². The number of hydrogen-bond donors (Lipinski definition) is 1. The topological polar surface area (TPSA) is 29.3 Å². The minimum atomic E-state index is 0.713. The molecule has 0 saturated heterocycles. The third-order valence-electron chi connectivity index (χ3n) is 7.01. The number of nitrogens with two attached hydrogens (primary N) is 1. The molecule has 0 bridgehead atoms. The van der Waals surface area contributed by atoms with Gasteiger partial charge in [-0.2, -0.15) is 0 Å². The van der Waals surface area contributed by atoms with Gasteiger partial charge in [0.25, 0.3) is 0 Å². The summed E-state index contributed by atoms with van der Waals surface area (Å²) in [5, 5.41) is 0. The Morgan fingerprint density at radius 3 is 2.11 bits per heavy atom. The van der Waals surface area contributed by atoms with E-state index in [9.17, 15) is 0 Å². The molecule has 0 aromatic heterocycles. The van der Waals surface area contributed by atoms with E-state index < -0.39 is 0 Å². The van der Waals surface area contributed by atoms with Gasteiger partial charge in [0.2, 0.25) is 0 Å². The predicted molar refractivity (Wildman–Crippen MR) is 125 cm³/mol. The average molecular weight is 383 g/mol. The van der Waals surface area contributed by atoms with Crippen LogP contribution in [-0.4, -0.2) is 12.1 Å². The van der Waals surface area contributed by atoms with E-state index in [-0.39, 0.29) is 0 Å². The lowest BCUT2D eigenvalue weighted by atomic mass is 9.87. The van der Waals surface area contributed by atoms with E-state index in [1.54, 1.807) is 0 Å². The fraction of sp³-hybridized carbons (Fsp3) is 0.692. The molecule has 156 valence electrons. The van der Waals surface area contributed by atoms with Crippen molar-refractivity contribution in [1.82, 2.24) is 0 Å². The Morgan fingerprint density at radius 2 is 1.54 bits per heavy atom. The lowest BCUT2D eigenvalue weighted by molar-refractivity contribution is 0.339. The van der Waals surface area contributed by atoms with Gasteiger partial charge in [-0.05, 0) is 62.6 Å². The van der Waals surface area contributed by atoms with Crippen molar-refractivity contribution in [2.24, 2.45) is 0 Å². The zero-order valence-electron chi connectivity index (χ0n) is 18.4. The molecule has 0 spiro atoms. The second-order valence-electron chi connectivity index (χ2n) is 9.10. The van der Waals surface area contributed by atoms with Crippen LogP contribution in [0.15, 0.2) is 18.2 Å². The molecule has 1 aromatic rings. The third-order valence-corrected chi connectivity index (χ3v) is 7.01. The summed E-state index contributed by atoms with van der Waals surface area (Å²) in [6.45, 7) is 4.51. The highest BCUT2D eigenvalue weighted by molar-refractivity contribution is 5.75. The summed E-state index contributed by atoms with van der Waals surface area (Å²) in [5.74, 6) is 0. The van der Waals surface area contributed by atoms with Crippen LogP contribution in [-0.2, 0) is 0 Å². The van der Waals surface area contributed by atoms with Crippen LogP contribution in [0.2, 0.25) is 0 Å². The van der Waals surface area contributed by atoms with Gasteiger partial charge in [0.1, 0.15) is 0 Å². The van der Waals surface area contributed by atoms with Gasteiger partial charge >= 0.3 is 0 Å². The molecule has 2 aliphatic carbocycles. The SMILES string of the molecule is CCCCCC=Cc1ccc(N(C2CCCCC2)C2CCCCC2)c(C)c1N. The fourth-order valence-corrected chi connectivity index (χ4v) is 5.30. The summed E-state index contributed by atoms with van der Waals surface area (Å²) in [4.78, 5) is 2.82. The normalized spacial score (nSPS) is 19.4. The third kappa shape index (κ3) is 5.33. The highest BCUT2D eigenvalue weighted by Gasteiger charge is 2.30. The average Bonchev–Trinajstić information content (AvgIpc) is 2.74. The number of nitrogen functional groups attached to an aromatic ring is 1. The van der Waals surface area contributed by atoms with Crippen molar-refractivity contribution in [3.63, 3.8) is 0 Å². The van der Waals surface area contributed by atoms with Crippen LogP contribution >= 0.6 is 0 Å². The molecule has 0 heterocycles. The van der Waals surface area contributed by atoms with Crippen molar-refractivity contribution >= 4 is 17.5 Å². The summed E-state index contributed by atoms with van der Waals surface area (Å²) < 4.78 is 0. The lowest BCUT2D eigenvalue weighted by Crippen LogP contribution is -2.45. The maximum absolute atomic E-state index is 6.64. The Kier molecular flexibility index (Phi) is 8.30. The van der Waals surface area contributed by atoms with Gasteiger partial charge < -0.3 is 10.6 Å². The molecule has 2 aliphatic rings. The van der Waals surface area contributed by atoms with Gasteiger partial charge in [0.15, 0.2) is 0 Å². The Balaban J connectivity index is 1.82. The molecule has 1 aromatic carbocycles. The number of benzene rings is 1. The molecule has 0 amide bonds. The van der Waals surface area contributed by atoms with E-state index in [2.05, 4.69) is 43.0 Å². The quantitative estimate of drug-likeness (QED) is 0.369. The van der Waals surface area contributed by atoms with Crippen molar-refractivity contribution in [3.05, 3.63) is 29.3 Å². The molecule has 2 saturated carbocycles. The zero-order valence-corrected chi connectivity index (χ0v) is 18.4. The maximum atomic E-state index is 6.64. The number of anilines is 2. The number of allylic oxidation sites excluding steroid dienone is 1. The van der Waals surface area contributed by atoms with E-state index in [4.69, 9.17) is 5.73 Å².